The number of amides is 1. The molecular formula is C9H9FN2O2. The molecule has 0 fully saturated rings. The summed E-state index contributed by atoms with van der Waals surface area (Å²) in [5.41, 5.74) is 6.00. The molecule has 14 heavy (non-hydrogen) atoms. The van der Waals surface area contributed by atoms with Crippen molar-refractivity contribution in [3.63, 3.8) is 0 Å². The van der Waals surface area contributed by atoms with Crippen LogP contribution in [0.2, 0.25) is 0 Å². The fourth-order valence-electron chi connectivity index (χ4n) is 1.30. The standard InChI is InChI=1S/C9H9FN2O2/c1-4-9(13)12-7-3-5(10)2-6(11)8(7)14-4/h2-4H,11H2,1H3,(H,12,13). The maximum atomic E-state index is 12.9. The van der Waals surface area contributed by atoms with E-state index in [1.165, 1.54) is 6.07 Å². The van der Waals surface area contributed by atoms with E-state index in [-0.39, 0.29) is 17.3 Å². The molecule has 0 spiro atoms. The van der Waals surface area contributed by atoms with Gasteiger partial charge in [0.25, 0.3) is 5.91 Å². The second-order valence-electron chi connectivity index (χ2n) is 3.12. The zero-order valence-electron chi connectivity index (χ0n) is 7.50. The van der Waals surface area contributed by atoms with Gasteiger partial charge in [0.05, 0.1) is 11.4 Å². The molecule has 0 bridgehead atoms. The Labute approximate surface area is 79.9 Å². The molecule has 0 aliphatic carbocycles. The summed E-state index contributed by atoms with van der Waals surface area (Å²) in [5, 5.41) is 2.51. The molecule has 0 aromatic heterocycles. The molecule has 5 heteroatoms. The minimum Gasteiger partial charge on any atom is -0.477 e. The molecule has 0 saturated carbocycles. The van der Waals surface area contributed by atoms with Crippen LogP contribution in [0.5, 0.6) is 5.75 Å². The van der Waals surface area contributed by atoms with Gasteiger partial charge in [-0.15, -0.1) is 0 Å². The zero-order chi connectivity index (χ0) is 10.3. The smallest absolute Gasteiger partial charge is 0.265 e. The summed E-state index contributed by atoms with van der Waals surface area (Å²) in [6.07, 6.45) is -0.602. The van der Waals surface area contributed by atoms with Gasteiger partial charge < -0.3 is 15.8 Å². The highest BCUT2D eigenvalue weighted by Gasteiger charge is 2.25. The summed E-state index contributed by atoms with van der Waals surface area (Å²) < 4.78 is 18.1. The van der Waals surface area contributed by atoms with Crippen molar-refractivity contribution >= 4 is 17.3 Å². The van der Waals surface area contributed by atoms with Crippen LogP contribution in [0.25, 0.3) is 0 Å². The number of benzene rings is 1. The van der Waals surface area contributed by atoms with E-state index in [4.69, 9.17) is 10.5 Å². The number of hydrogen-bond donors (Lipinski definition) is 2. The first kappa shape index (κ1) is 8.80. The second-order valence-corrected chi connectivity index (χ2v) is 3.12. The molecule has 1 aliphatic rings. The molecule has 1 aromatic rings. The van der Waals surface area contributed by atoms with Crippen LogP contribution in [0.1, 0.15) is 6.92 Å². The lowest BCUT2D eigenvalue weighted by Crippen LogP contribution is -2.34. The Morgan fingerprint density at radius 1 is 1.57 bits per heavy atom. The highest BCUT2D eigenvalue weighted by molar-refractivity contribution is 5.98. The van der Waals surface area contributed by atoms with E-state index in [1.54, 1.807) is 6.92 Å². The number of fused-ring (bicyclic) bond motifs is 1. The van der Waals surface area contributed by atoms with Gasteiger partial charge >= 0.3 is 0 Å². The Hall–Kier alpha value is -1.78. The molecule has 1 unspecified atom stereocenters. The van der Waals surface area contributed by atoms with Crippen molar-refractivity contribution in [2.24, 2.45) is 0 Å². The van der Waals surface area contributed by atoms with Crippen LogP contribution in [0.15, 0.2) is 12.1 Å². The number of nitrogens with one attached hydrogen (secondary N) is 1. The predicted octanol–water partition coefficient (Wildman–Crippen LogP) is 1.13. The fourth-order valence-corrected chi connectivity index (χ4v) is 1.30. The molecule has 74 valence electrons. The van der Waals surface area contributed by atoms with E-state index in [9.17, 15) is 9.18 Å². The Kier molecular flexibility index (Phi) is 1.80. The second kappa shape index (κ2) is 2.87. The van der Waals surface area contributed by atoms with Crippen LogP contribution in [-0.2, 0) is 4.79 Å². The fraction of sp³-hybridized carbons (Fsp3) is 0.222. The summed E-state index contributed by atoms with van der Waals surface area (Å²) in [5.74, 6) is -0.472. The maximum absolute atomic E-state index is 12.9. The number of anilines is 2. The lowest BCUT2D eigenvalue weighted by molar-refractivity contribution is -0.122. The summed E-state index contributed by atoms with van der Waals surface area (Å²) in [6, 6.07) is 2.33. The Balaban J connectivity index is 2.51. The molecule has 1 atom stereocenters. The first-order valence-electron chi connectivity index (χ1n) is 4.14. The molecule has 2 rings (SSSR count). The average molecular weight is 196 g/mol. The number of ether oxygens (including phenoxy) is 1. The zero-order valence-corrected chi connectivity index (χ0v) is 7.50. The molecule has 0 saturated heterocycles. The summed E-state index contributed by atoms with van der Waals surface area (Å²) >= 11 is 0. The van der Waals surface area contributed by atoms with Gasteiger partial charge in [-0.2, -0.15) is 0 Å². The van der Waals surface area contributed by atoms with Crippen LogP contribution < -0.4 is 15.8 Å². The molecule has 4 nitrogen and oxygen atoms in total. The minimum absolute atomic E-state index is 0.187. The number of halogens is 1. The first-order valence-corrected chi connectivity index (χ1v) is 4.14. The molecule has 1 aromatic carbocycles. The summed E-state index contributed by atoms with van der Waals surface area (Å²) in [4.78, 5) is 11.2. The lowest BCUT2D eigenvalue weighted by atomic mass is 10.2. The van der Waals surface area contributed by atoms with Crippen molar-refractivity contribution in [2.45, 2.75) is 13.0 Å². The molecule has 3 N–H and O–H groups in total. The van der Waals surface area contributed by atoms with Gasteiger partial charge in [-0.1, -0.05) is 0 Å². The minimum atomic E-state index is -0.602. The van der Waals surface area contributed by atoms with Crippen molar-refractivity contribution in [3.05, 3.63) is 17.9 Å². The van der Waals surface area contributed by atoms with Crippen LogP contribution in [0.3, 0.4) is 0 Å². The van der Waals surface area contributed by atoms with Crippen LogP contribution in [0, 0.1) is 5.82 Å². The summed E-state index contributed by atoms with van der Waals surface area (Å²) in [7, 11) is 0. The molecule has 0 radical (unpaired) electrons. The van der Waals surface area contributed by atoms with Crippen molar-refractivity contribution in [1.29, 1.82) is 0 Å². The average Bonchev–Trinajstić information content (AvgIpc) is 2.08. The predicted molar refractivity (Wildman–Crippen MR) is 49.5 cm³/mol. The van der Waals surface area contributed by atoms with E-state index < -0.39 is 11.9 Å². The van der Waals surface area contributed by atoms with Crippen LogP contribution in [0.4, 0.5) is 15.8 Å². The quantitative estimate of drug-likeness (QED) is 0.611. The third-order valence-corrected chi connectivity index (χ3v) is 2.00. The van der Waals surface area contributed by atoms with Gasteiger partial charge in [-0.3, -0.25) is 4.79 Å². The van der Waals surface area contributed by atoms with Gasteiger partial charge in [0.15, 0.2) is 11.9 Å². The highest BCUT2D eigenvalue weighted by atomic mass is 19.1. The van der Waals surface area contributed by atoms with Crippen LogP contribution >= 0.6 is 0 Å². The van der Waals surface area contributed by atoms with Crippen LogP contribution in [-0.4, -0.2) is 12.0 Å². The molecule has 1 aliphatic heterocycles. The van der Waals surface area contributed by atoms with E-state index in [0.29, 0.717) is 5.75 Å². The Morgan fingerprint density at radius 3 is 3.00 bits per heavy atom. The third-order valence-electron chi connectivity index (χ3n) is 2.00. The van der Waals surface area contributed by atoms with E-state index in [0.717, 1.165) is 6.07 Å². The number of rotatable bonds is 0. The monoisotopic (exact) mass is 196 g/mol. The first-order chi connectivity index (χ1) is 6.58. The van der Waals surface area contributed by atoms with E-state index >= 15 is 0 Å². The van der Waals surface area contributed by atoms with Gasteiger partial charge in [-0.05, 0) is 6.92 Å². The number of carbonyl (C=O) groups is 1. The highest BCUT2D eigenvalue weighted by Crippen LogP contribution is 2.35. The molecular weight excluding hydrogens is 187 g/mol. The lowest BCUT2D eigenvalue weighted by Gasteiger charge is -2.24. The van der Waals surface area contributed by atoms with Crippen molar-refractivity contribution < 1.29 is 13.9 Å². The molecule has 1 amide bonds. The normalized spacial score (nSPS) is 19.6. The van der Waals surface area contributed by atoms with Gasteiger partial charge in [0, 0.05) is 12.1 Å². The van der Waals surface area contributed by atoms with E-state index in [2.05, 4.69) is 5.32 Å². The molecule has 1 heterocycles. The topological polar surface area (TPSA) is 64.3 Å². The van der Waals surface area contributed by atoms with Gasteiger partial charge in [0.1, 0.15) is 5.82 Å². The number of carbonyl (C=O) groups excluding carboxylic acids is 1. The number of hydrogen-bond acceptors (Lipinski definition) is 3. The van der Waals surface area contributed by atoms with Crippen molar-refractivity contribution in [3.8, 4) is 5.75 Å². The van der Waals surface area contributed by atoms with Crippen molar-refractivity contribution in [1.82, 2.24) is 0 Å². The van der Waals surface area contributed by atoms with Gasteiger partial charge in [-0.25, -0.2) is 4.39 Å². The van der Waals surface area contributed by atoms with Crippen molar-refractivity contribution in [2.75, 3.05) is 11.1 Å². The SMILES string of the molecule is CC1Oc2c(N)cc(F)cc2NC1=O. The summed E-state index contributed by atoms with van der Waals surface area (Å²) in [6.45, 7) is 1.60. The third kappa shape index (κ3) is 1.26. The largest absolute Gasteiger partial charge is 0.477 e. The van der Waals surface area contributed by atoms with E-state index in [1.807, 2.05) is 0 Å². The Bertz CT molecular complexity index is 406. The number of nitrogens with two attached hydrogens (primary N) is 1. The number of nitrogen functional groups attached to an aromatic ring is 1. The van der Waals surface area contributed by atoms with Gasteiger partial charge in [0.2, 0.25) is 0 Å². The maximum Gasteiger partial charge on any atom is 0.265 e. The Morgan fingerprint density at radius 2 is 2.29 bits per heavy atom.